The fraction of sp³-hybridized carbons (Fsp3) is 0.400. The molecule has 0 bridgehead atoms. The molecule has 0 unspecified atom stereocenters. The zero-order valence-electron chi connectivity index (χ0n) is 18.0. The summed E-state index contributed by atoms with van der Waals surface area (Å²) in [5, 5.41) is 15.9. The fourth-order valence-electron chi connectivity index (χ4n) is 3.96. The predicted molar refractivity (Wildman–Crippen MR) is 125 cm³/mol. The third-order valence-electron chi connectivity index (χ3n) is 5.89. The summed E-state index contributed by atoms with van der Waals surface area (Å²) in [7, 11) is 1.72. The van der Waals surface area contributed by atoms with Gasteiger partial charge in [-0.05, 0) is 49.9 Å². The van der Waals surface area contributed by atoms with Gasteiger partial charge >= 0.3 is 0 Å². The van der Waals surface area contributed by atoms with Crippen LogP contribution in [-0.2, 0) is 7.05 Å². The molecule has 0 saturated heterocycles. The fourth-order valence-corrected chi connectivity index (χ4v) is 3.96. The van der Waals surface area contributed by atoms with Gasteiger partial charge in [0.05, 0.1) is 11.2 Å². The van der Waals surface area contributed by atoms with Gasteiger partial charge in [0.15, 0.2) is 0 Å². The lowest BCUT2D eigenvalue weighted by atomic mass is 9.95. The number of nitrogens with zero attached hydrogens (tertiary/aromatic N) is 3. The Labute approximate surface area is 182 Å². The van der Waals surface area contributed by atoms with E-state index in [1.807, 2.05) is 6.07 Å². The Morgan fingerprint density at radius 3 is 2.35 bits per heavy atom. The van der Waals surface area contributed by atoms with E-state index >= 15 is 0 Å². The van der Waals surface area contributed by atoms with Crippen LogP contribution >= 0.6 is 0 Å². The summed E-state index contributed by atoms with van der Waals surface area (Å²) < 4.78 is 1.57. The Balaban J connectivity index is 0.000000192. The molecular formula is C25H29N5O. The summed E-state index contributed by atoms with van der Waals surface area (Å²) in [6, 6.07) is 18.6. The van der Waals surface area contributed by atoms with Gasteiger partial charge in [-0.3, -0.25) is 4.79 Å². The number of benzene rings is 1. The standard InChI is InChI=1S/C16H18N4O.C9H11N/c1-20-14-8-7-12(10-17)19-16(14)13(9-15(20)21)18-11-5-3-2-4-6-11;1-2-4-8(5-3-1)10-9-6-7-9/h7-9,11,18H,2-6H2,1H3;1-5,9-10H,6-7H2. The second kappa shape index (κ2) is 9.65. The minimum Gasteiger partial charge on any atom is -0.382 e. The average Bonchev–Trinajstić information content (AvgIpc) is 3.63. The van der Waals surface area contributed by atoms with Crippen LogP contribution in [0.25, 0.3) is 11.0 Å². The van der Waals surface area contributed by atoms with E-state index in [1.165, 1.54) is 37.8 Å². The lowest BCUT2D eigenvalue weighted by Crippen LogP contribution is -2.25. The molecule has 2 aromatic heterocycles. The normalized spacial score (nSPS) is 16.1. The number of para-hydroxylation sites is 1. The maximum absolute atomic E-state index is 12.1. The van der Waals surface area contributed by atoms with Crippen molar-refractivity contribution in [1.29, 1.82) is 5.26 Å². The Bertz CT molecular complexity index is 1120. The Hall–Kier alpha value is -3.33. The lowest BCUT2D eigenvalue weighted by molar-refractivity contribution is 0.463. The smallest absolute Gasteiger partial charge is 0.252 e. The number of pyridine rings is 2. The van der Waals surface area contributed by atoms with Gasteiger partial charge < -0.3 is 15.2 Å². The van der Waals surface area contributed by atoms with Crippen LogP contribution in [0.4, 0.5) is 11.4 Å². The van der Waals surface area contributed by atoms with Crippen molar-refractivity contribution in [3.63, 3.8) is 0 Å². The number of nitriles is 1. The molecule has 2 fully saturated rings. The van der Waals surface area contributed by atoms with E-state index in [0.29, 0.717) is 17.3 Å². The summed E-state index contributed by atoms with van der Waals surface area (Å²) in [4.78, 5) is 16.5. The second-order valence-electron chi connectivity index (χ2n) is 8.40. The molecule has 3 aromatic rings. The molecule has 1 aromatic carbocycles. The van der Waals surface area contributed by atoms with Crippen molar-refractivity contribution in [2.24, 2.45) is 7.05 Å². The first-order valence-electron chi connectivity index (χ1n) is 11.1. The molecule has 6 nitrogen and oxygen atoms in total. The molecule has 2 N–H and O–H groups in total. The number of hydrogen-bond acceptors (Lipinski definition) is 5. The number of nitrogens with one attached hydrogen (secondary N) is 2. The molecule has 2 saturated carbocycles. The van der Waals surface area contributed by atoms with Gasteiger partial charge in [0, 0.05) is 30.9 Å². The van der Waals surface area contributed by atoms with Crippen molar-refractivity contribution in [2.75, 3.05) is 10.6 Å². The zero-order valence-corrected chi connectivity index (χ0v) is 18.0. The quantitative estimate of drug-likeness (QED) is 0.639. The molecule has 0 aliphatic heterocycles. The summed E-state index contributed by atoms with van der Waals surface area (Å²) >= 11 is 0. The highest BCUT2D eigenvalue weighted by molar-refractivity contribution is 5.88. The van der Waals surface area contributed by atoms with Crippen molar-refractivity contribution >= 4 is 22.4 Å². The van der Waals surface area contributed by atoms with E-state index < -0.39 is 0 Å². The molecule has 2 aliphatic carbocycles. The van der Waals surface area contributed by atoms with Crippen LogP contribution in [0.5, 0.6) is 0 Å². The van der Waals surface area contributed by atoms with Crippen molar-refractivity contribution in [1.82, 2.24) is 9.55 Å². The van der Waals surface area contributed by atoms with Gasteiger partial charge in [-0.1, -0.05) is 37.5 Å². The third kappa shape index (κ3) is 5.43. The van der Waals surface area contributed by atoms with Gasteiger partial charge in [-0.2, -0.15) is 5.26 Å². The molecule has 0 radical (unpaired) electrons. The first-order chi connectivity index (χ1) is 15.1. The third-order valence-corrected chi connectivity index (χ3v) is 5.89. The van der Waals surface area contributed by atoms with Crippen LogP contribution in [-0.4, -0.2) is 21.6 Å². The number of rotatable bonds is 4. The molecule has 2 heterocycles. The van der Waals surface area contributed by atoms with E-state index in [9.17, 15) is 4.79 Å². The van der Waals surface area contributed by atoms with E-state index in [2.05, 4.69) is 46.0 Å². The minimum atomic E-state index is -0.0627. The van der Waals surface area contributed by atoms with Gasteiger partial charge in [-0.15, -0.1) is 0 Å². The highest BCUT2D eigenvalue weighted by Crippen LogP contribution is 2.25. The maximum atomic E-state index is 12.1. The second-order valence-corrected chi connectivity index (χ2v) is 8.40. The van der Waals surface area contributed by atoms with Crippen molar-refractivity contribution in [2.45, 2.75) is 57.0 Å². The molecule has 6 heteroatoms. The molecule has 31 heavy (non-hydrogen) atoms. The topological polar surface area (TPSA) is 82.7 Å². The van der Waals surface area contributed by atoms with Crippen LogP contribution in [0, 0.1) is 11.3 Å². The highest BCUT2D eigenvalue weighted by atomic mass is 16.1. The zero-order chi connectivity index (χ0) is 21.6. The Morgan fingerprint density at radius 1 is 0.968 bits per heavy atom. The highest BCUT2D eigenvalue weighted by Gasteiger charge is 2.20. The van der Waals surface area contributed by atoms with Crippen molar-refractivity contribution in [3.05, 3.63) is 64.6 Å². The van der Waals surface area contributed by atoms with Crippen molar-refractivity contribution < 1.29 is 0 Å². The molecule has 5 rings (SSSR count). The number of aromatic nitrogens is 2. The number of aryl methyl sites for hydroxylation is 1. The summed E-state index contributed by atoms with van der Waals surface area (Å²) in [6.07, 6.45) is 8.65. The largest absolute Gasteiger partial charge is 0.382 e. The van der Waals surface area contributed by atoms with Crippen LogP contribution < -0.4 is 16.2 Å². The molecule has 2 aliphatic rings. The first kappa shape index (κ1) is 20.9. The average molecular weight is 416 g/mol. The minimum absolute atomic E-state index is 0.0627. The summed E-state index contributed by atoms with van der Waals surface area (Å²) in [6.45, 7) is 0. The lowest BCUT2D eigenvalue weighted by Gasteiger charge is -2.24. The van der Waals surface area contributed by atoms with E-state index in [-0.39, 0.29) is 5.56 Å². The van der Waals surface area contributed by atoms with E-state index in [4.69, 9.17) is 5.26 Å². The van der Waals surface area contributed by atoms with Gasteiger partial charge in [-0.25, -0.2) is 4.98 Å². The number of hydrogen-bond donors (Lipinski definition) is 2. The summed E-state index contributed by atoms with van der Waals surface area (Å²) in [5.41, 5.74) is 3.75. The first-order valence-corrected chi connectivity index (χ1v) is 11.1. The van der Waals surface area contributed by atoms with E-state index in [1.54, 1.807) is 29.8 Å². The van der Waals surface area contributed by atoms with Crippen molar-refractivity contribution in [3.8, 4) is 6.07 Å². The predicted octanol–water partition coefficient (Wildman–Crippen LogP) is 4.81. The number of anilines is 2. The van der Waals surface area contributed by atoms with E-state index in [0.717, 1.165) is 30.1 Å². The Kier molecular flexibility index (Phi) is 6.51. The SMILES string of the molecule is Cn1c(=O)cc(NC2CCCCC2)c2nc(C#N)ccc21.c1ccc(NC2CC2)cc1. The van der Waals surface area contributed by atoms with Crippen LogP contribution in [0.2, 0.25) is 0 Å². The van der Waals surface area contributed by atoms with Crippen LogP contribution in [0.3, 0.4) is 0 Å². The van der Waals surface area contributed by atoms with Crippen LogP contribution in [0.15, 0.2) is 53.3 Å². The molecular weight excluding hydrogens is 386 g/mol. The Morgan fingerprint density at radius 2 is 1.68 bits per heavy atom. The van der Waals surface area contributed by atoms with Crippen LogP contribution in [0.1, 0.15) is 50.6 Å². The van der Waals surface area contributed by atoms with Gasteiger partial charge in [0.1, 0.15) is 17.3 Å². The monoisotopic (exact) mass is 415 g/mol. The maximum Gasteiger partial charge on any atom is 0.252 e. The number of fused-ring (bicyclic) bond motifs is 1. The molecule has 0 spiro atoms. The van der Waals surface area contributed by atoms with Gasteiger partial charge in [0.25, 0.3) is 5.56 Å². The summed E-state index contributed by atoms with van der Waals surface area (Å²) in [5.74, 6) is 0. The molecule has 0 amide bonds. The molecule has 160 valence electrons. The van der Waals surface area contributed by atoms with Gasteiger partial charge in [0.2, 0.25) is 0 Å². The molecule has 0 atom stereocenters.